The summed E-state index contributed by atoms with van der Waals surface area (Å²) in [6, 6.07) is 18.9. The Hall–Kier alpha value is -2.24. The molecule has 0 aliphatic heterocycles. The second-order valence-corrected chi connectivity index (χ2v) is 9.56. The smallest absolute Gasteiger partial charge is 0.257 e. The van der Waals surface area contributed by atoms with E-state index in [9.17, 15) is 4.79 Å². The number of rotatable bonds is 9. The van der Waals surface area contributed by atoms with Gasteiger partial charge in [0.1, 0.15) is 5.82 Å². The molecular weight excluding hydrogens is 462 g/mol. The minimum absolute atomic E-state index is 0.0981. The second-order valence-electron chi connectivity index (χ2n) is 8.65. The minimum atomic E-state index is 0.0981. The molecule has 0 bridgehead atoms. The van der Waals surface area contributed by atoms with Crippen LogP contribution in [0.2, 0.25) is 0 Å². The molecule has 0 fully saturated rings. The Kier molecular flexibility index (Phi) is 7.59. The maximum Gasteiger partial charge on any atom is 0.257 e. The van der Waals surface area contributed by atoms with Gasteiger partial charge < -0.3 is 0 Å². The first kappa shape index (κ1) is 22.9. The highest BCUT2D eigenvalue weighted by molar-refractivity contribution is 9.10. The van der Waals surface area contributed by atoms with Crippen molar-refractivity contribution in [3.05, 3.63) is 97.6 Å². The number of hydrogen-bond donors (Lipinski definition) is 0. The zero-order valence-electron chi connectivity index (χ0n) is 19.1. The molecule has 5 heteroatoms. The summed E-state index contributed by atoms with van der Waals surface area (Å²) < 4.78 is 3.05. The van der Waals surface area contributed by atoms with E-state index in [2.05, 4.69) is 71.1 Å². The van der Waals surface area contributed by atoms with Gasteiger partial charge in [-0.1, -0.05) is 72.2 Å². The summed E-state index contributed by atoms with van der Waals surface area (Å²) in [5.74, 6) is 0.924. The van der Waals surface area contributed by atoms with E-state index in [1.54, 1.807) is 0 Å². The highest BCUT2D eigenvalue weighted by Crippen LogP contribution is 2.28. The first-order chi connectivity index (χ1) is 15.6. The summed E-state index contributed by atoms with van der Waals surface area (Å²) >= 11 is 3.54. The molecule has 1 heterocycles. The lowest BCUT2D eigenvalue weighted by Gasteiger charge is -2.32. The molecule has 1 unspecified atom stereocenters. The van der Waals surface area contributed by atoms with Gasteiger partial charge in [-0.05, 0) is 61.9 Å². The van der Waals surface area contributed by atoms with Crippen LogP contribution in [0.1, 0.15) is 67.4 Å². The molecule has 1 aliphatic carbocycles. The minimum Gasteiger partial charge on any atom is -0.291 e. The van der Waals surface area contributed by atoms with Gasteiger partial charge in [0.15, 0.2) is 0 Å². The van der Waals surface area contributed by atoms with E-state index in [0.29, 0.717) is 6.54 Å². The van der Waals surface area contributed by atoms with Gasteiger partial charge in [-0.15, -0.1) is 0 Å². The average molecular weight is 494 g/mol. The quantitative estimate of drug-likeness (QED) is 0.372. The molecule has 1 atom stereocenters. The maximum absolute atomic E-state index is 13.6. The number of nitrogens with zero attached hydrogens (tertiary/aromatic N) is 3. The molecule has 0 N–H and O–H groups in total. The molecular formula is C27H32BrN3O. The lowest BCUT2D eigenvalue weighted by Crippen LogP contribution is -2.37. The fourth-order valence-electron chi connectivity index (χ4n) is 4.78. The Morgan fingerprint density at radius 1 is 1.03 bits per heavy atom. The molecule has 0 saturated carbocycles. The van der Waals surface area contributed by atoms with Crippen molar-refractivity contribution in [2.45, 2.75) is 65.1 Å². The zero-order valence-corrected chi connectivity index (χ0v) is 20.6. The molecule has 4 nitrogen and oxygen atoms in total. The van der Waals surface area contributed by atoms with Gasteiger partial charge >= 0.3 is 0 Å². The lowest BCUT2D eigenvalue weighted by atomic mass is 10.1. The molecule has 0 amide bonds. The van der Waals surface area contributed by atoms with Gasteiger partial charge in [0.05, 0.1) is 18.3 Å². The van der Waals surface area contributed by atoms with Crippen molar-refractivity contribution in [3.63, 3.8) is 0 Å². The fraction of sp³-hybridized carbons (Fsp3) is 0.407. The molecule has 0 spiro atoms. The summed E-state index contributed by atoms with van der Waals surface area (Å²) in [7, 11) is 0. The number of benzene rings is 2. The predicted octanol–water partition coefficient (Wildman–Crippen LogP) is 5.91. The summed E-state index contributed by atoms with van der Waals surface area (Å²) in [4.78, 5) is 21.2. The summed E-state index contributed by atoms with van der Waals surface area (Å²) in [6.07, 6.45) is 4.77. The average Bonchev–Trinajstić information content (AvgIpc) is 3.28. The molecule has 0 radical (unpaired) electrons. The lowest BCUT2D eigenvalue weighted by molar-refractivity contribution is 0.170. The van der Waals surface area contributed by atoms with Crippen LogP contribution in [-0.2, 0) is 25.9 Å². The van der Waals surface area contributed by atoms with Crippen LogP contribution in [0.15, 0.2) is 63.9 Å². The molecule has 2 aromatic carbocycles. The van der Waals surface area contributed by atoms with Crippen molar-refractivity contribution in [1.29, 1.82) is 0 Å². The highest BCUT2D eigenvalue weighted by Gasteiger charge is 2.28. The van der Waals surface area contributed by atoms with Crippen molar-refractivity contribution < 1.29 is 0 Å². The Morgan fingerprint density at radius 3 is 2.47 bits per heavy atom. The normalized spacial score (nSPS) is 14.0. The molecule has 0 saturated heterocycles. The van der Waals surface area contributed by atoms with Crippen molar-refractivity contribution in [1.82, 2.24) is 14.5 Å². The van der Waals surface area contributed by atoms with E-state index in [4.69, 9.17) is 4.98 Å². The van der Waals surface area contributed by atoms with Crippen LogP contribution in [0.25, 0.3) is 0 Å². The van der Waals surface area contributed by atoms with Crippen LogP contribution in [-0.4, -0.2) is 21.0 Å². The Labute approximate surface area is 199 Å². The van der Waals surface area contributed by atoms with E-state index in [0.717, 1.165) is 72.3 Å². The van der Waals surface area contributed by atoms with Gasteiger partial charge in [0.2, 0.25) is 0 Å². The van der Waals surface area contributed by atoms with Crippen LogP contribution in [0.5, 0.6) is 0 Å². The monoisotopic (exact) mass is 493 g/mol. The Bertz CT molecular complexity index is 1090. The molecule has 4 rings (SSSR count). The van der Waals surface area contributed by atoms with Gasteiger partial charge in [-0.25, -0.2) is 4.98 Å². The molecule has 168 valence electrons. The number of aryl methyl sites for hydroxylation is 1. The highest BCUT2D eigenvalue weighted by atomic mass is 79.9. The molecule has 32 heavy (non-hydrogen) atoms. The number of fused-ring (bicyclic) bond motifs is 1. The van der Waals surface area contributed by atoms with Crippen molar-refractivity contribution in [2.75, 3.05) is 6.54 Å². The SMILES string of the molecule is CCCN(Cc1ccc(Br)cc1)C(CC)c1nc2c(c(=O)n1Cc1ccccc1)CCC2. The molecule has 3 aromatic rings. The van der Waals surface area contributed by atoms with Gasteiger partial charge in [-0.2, -0.15) is 0 Å². The van der Waals surface area contributed by atoms with Crippen LogP contribution < -0.4 is 5.56 Å². The second kappa shape index (κ2) is 10.6. The number of halogens is 1. The third-order valence-corrected chi connectivity index (χ3v) is 6.87. The summed E-state index contributed by atoms with van der Waals surface area (Å²) in [5.41, 5.74) is 4.52. The van der Waals surface area contributed by atoms with Gasteiger partial charge in [-0.3, -0.25) is 14.3 Å². The standard InChI is InChI=1S/C27H32BrN3O/c1-3-17-30(18-21-13-15-22(28)16-14-21)25(4-2)26-29-24-12-8-11-23(24)27(32)31(26)19-20-9-6-5-7-10-20/h5-7,9-10,13-16,25H,3-4,8,11-12,17-19H2,1-2H3. The number of aromatic nitrogens is 2. The van der Waals surface area contributed by atoms with E-state index in [-0.39, 0.29) is 11.6 Å². The van der Waals surface area contributed by atoms with Crippen LogP contribution >= 0.6 is 15.9 Å². The topological polar surface area (TPSA) is 38.1 Å². The third-order valence-electron chi connectivity index (χ3n) is 6.34. The van der Waals surface area contributed by atoms with E-state index >= 15 is 0 Å². The zero-order chi connectivity index (χ0) is 22.5. The Balaban J connectivity index is 1.76. The Morgan fingerprint density at radius 2 is 1.78 bits per heavy atom. The van der Waals surface area contributed by atoms with Gasteiger partial charge in [0, 0.05) is 16.6 Å². The molecule has 1 aliphatic rings. The van der Waals surface area contributed by atoms with E-state index in [1.807, 2.05) is 22.8 Å². The van der Waals surface area contributed by atoms with Crippen molar-refractivity contribution in [3.8, 4) is 0 Å². The molecule has 1 aromatic heterocycles. The van der Waals surface area contributed by atoms with Crippen molar-refractivity contribution in [2.24, 2.45) is 0 Å². The van der Waals surface area contributed by atoms with Crippen LogP contribution in [0, 0.1) is 0 Å². The van der Waals surface area contributed by atoms with E-state index < -0.39 is 0 Å². The van der Waals surface area contributed by atoms with Crippen molar-refractivity contribution >= 4 is 15.9 Å². The number of hydrogen-bond acceptors (Lipinski definition) is 3. The van der Waals surface area contributed by atoms with Crippen LogP contribution in [0.3, 0.4) is 0 Å². The maximum atomic E-state index is 13.6. The first-order valence-corrected chi connectivity index (χ1v) is 12.5. The third kappa shape index (κ3) is 5.05. The van der Waals surface area contributed by atoms with E-state index in [1.165, 1.54) is 5.56 Å². The van der Waals surface area contributed by atoms with Gasteiger partial charge in [0.25, 0.3) is 5.56 Å². The van der Waals surface area contributed by atoms with Crippen LogP contribution in [0.4, 0.5) is 0 Å². The summed E-state index contributed by atoms with van der Waals surface area (Å²) in [6.45, 7) is 6.81. The summed E-state index contributed by atoms with van der Waals surface area (Å²) in [5, 5.41) is 0. The fourth-order valence-corrected chi connectivity index (χ4v) is 5.05. The predicted molar refractivity (Wildman–Crippen MR) is 134 cm³/mol. The first-order valence-electron chi connectivity index (χ1n) is 11.8. The largest absolute Gasteiger partial charge is 0.291 e.